The highest BCUT2D eigenvalue weighted by Gasteiger charge is 2.37. The minimum atomic E-state index is -1.70. The summed E-state index contributed by atoms with van der Waals surface area (Å²) in [7, 11) is 0. The lowest BCUT2D eigenvalue weighted by Crippen LogP contribution is -2.61. The van der Waals surface area contributed by atoms with Crippen LogP contribution in [0, 0.1) is 17.8 Å². The molecule has 0 aliphatic rings. The first-order chi connectivity index (χ1) is 27.7. The molecule has 0 saturated carbocycles. The van der Waals surface area contributed by atoms with Crippen molar-refractivity contribution in [1.29, 1.82) is 0 Å². The molecule has 2 aromatic rings. The summed E-state index contributed by atoms with van der Waals surface area (Å²) < 4.78 is 0. The fraction of sp³-hybridized carbons (Fsp3) is 0.524. The fourth-order valence-corrected chi connectivity index (χ4v) is 6.17. The van der Waals surface area contributed by atoms with Crippen molar-refractivity contribution in [2.75, 3.05) is 0 Å². The van der Waals surface area contributed by atoms with E-state index in [1.54, 1.807) is 71.9 Å². The van der Waals surface area contributed by atoms with Crippen LogP contribution in [-0.4, -0.2) is 99.0 Å². The molecule has 9 N–H and O–H groups in total. The lowest BCUT2D eigenvalue weighted by atomic mass is 9.94. The smallest absolute Gasteiger partial charge is 0.326 e. The van der Waals surface area contributed by atoms with Gasteiger partial charge in [-0.1, -0.05) is 96.8 Å². The summed E-state index contributed by atoms with van der Waals surface area (Å²) >= 11 is 0. The van der Waals surface area contributed by atoms with E-state index in [1.165, 1.54) is 31.2 Å². The van der Waals surface area contributed by atoms with Gasteiger partial charge in [0, 0.05) is 19.8 Å². The highest BCUT2D eigenvalue weighted by molar-refractivity contribution is 5.98. The van der Waals surface area contributed by atoms with E-state index in [9.17, 15) is 53.7 Å². The van der Waals surface area contributed by atoms with E-state index >= 15 is 0 Å². The van der Waals surface area contributed by atoms with Crippen LogP contribution in [0.15, 0.2) is 54.6 Å². The molecular formula is C42H60N6O11. The van der Waals surface area contributed by atoms with Crippen molar-refractivity contribution in [3.63, 3.8) is 0 Å². The lowest BCUT2D eigenvalue weighted by Gasteiger charge is -2.30. The molecule has 17 nitrogen and oxygen atoms in total. The Morgan fingerprint density at radius 1 is 0.542 bits per heavy atom. The van der Waals surface area contributed by atoms with Crippen LogP contribution in [0.5, 0.6) is 5.75 Å². The monoisotopic (exact) mass is 824 g/mol. The van der Waals surface area contributed by atoms with E-state index in [0.717, 1.165) is 5.56 Å². The first-order valence-electron chi connectivity index (χ1n) is 19.8. The van der Waals surface area contributed by atoms with Crippen molar-refractivity contribution in [2.45, 2.75) is 123 Å². The summed E-state index contributed by atoms with van der Waals surface area (Å²) in [6.45, 7) is 11.7. The molecule has 8 atom stereocenters. The van der Waals surface area contributed by atoms with Gasteiger partial charge in [-0.3, -0.25) is 33.6 Å². The van der Waals surface area contributed by atoms with Gasteiger partial charge in [-0.05, 0) is 47.4 Å². The lowest BCUT2D eigenvalue weighted by molar-refractivity contribution is -0.142. The number of phenolic OH excluding ortho intramolecular Hbond substituents is 1. The minimum Gasteiger partial charge on any atom is -0.508 e. The standard InChI is InChI=1S/C42H60N6O11/c1-8-24(5)35(40(56)46-33(42(58)59)21-28-15-17-29(50)18-16-28)48-41(57)36(25(6)9-2)47-39(55)32(22-34(51)52)45-37(53)30(19-23(3)4)44-38(54)31(43-26(7)49)20-27-13-11-10-12-14-27/h10-18,23-25,30-33,35-36,50H,8-9,19-22H2,1-7H3,(H,43,49)(H,44,54)(H,45,53)(H,46,56)(H,47,55)(H,48,57)(H,51,52)(H,58,59)/t24-,25-,30-,31+,32-,33-,35-,36-/m0/s1. The second-order valence-electron chi connectivity index (χ2n) is 15.3. The molecule has 17 heteroatoms. The van der Waals surface area contributed by atoms with Crippen molar-refractivity contribution in [2.24, 2.45) is 17.8 Å². The van der Waals surface area contributed by atoms with E-state index in [-0.39, 0.29) is 30.9 Å². The number of carboxylic acid groups (broad SMARTS) is 2. The Hall–Kier alpha value is -6.00. The highest BCUT2D eigenvalue weighted by Crippen LogP contribution is 2.16. The average Bonchev–Trinajstić information content (AvgIpc) is 3.17. The van der Waals surface area contributed by atoms with Gasteiger partial charge in [-0.2, -0.15) is 0 Å². The van der Waals surface area contributed by atoms with E-state index in [2.05, 4.69) is 31.9 Å². The zero-order valence-corrected chi connectivity index (χ0v) is 34.7. The van der Waals surface area contributed by atoms with E-state index in [4.69, 9.17) is 0 Å². The van der Waals surface area contributed by atoms with Crippen molar-refractivity contribution < 1.29 is 53.7 Å². The molecule has 0 radical (unpaired) electrons. The Morgan fingerprint density at radius 3 is 1.47 bits per heavy atom. The van der Waals surface area contributed by atoms with Crippen LogP contribution in [0.3, 0.4) is 0 Å². The zero-order valence-electron chi connectivity index (χ0n) is 34.7. The van der Waals surface area contributed by atoms with Crippen LogP contribution in [0.25, 0.3) is 0 Å². The van der Waals surface area contributed by atoms with Gasteiger partial charge in [0.15, 0.2) is 0 Å². The SMILES string of the molecule is CC[C@H](C)[C@H](NC(=O)[C@H](CC(=O)O)NC(=O)[C@H](CC(C)C)NC(=O)[C@@H](Cc1ccccc1)NC(C)=O)C(=O)N[C@H](C(=O)N[C@@H](Cc1ccc(O)cc1)C(=O)O)[C@@H](C)CC. The Kier molecular flexibility index (Phi) is 20.0. The minimum absolute atomic E-state index is 0.0179. The van der Waals surface area contributed by atoms with Gasteiger partial charge >= 0.3 is 11.9 Å². The predicted octanol–water partition coefficient (Wildman–Crippen LogP) is 1.80. The maximum atomic E-state index is 13.9. The van der Waals surface area contributed by atoms with Crippen LogP contribution < -0.4 is 31.9 Å². The number of aromatic hydroxyl groups is 1. The van der Waals surface area contributed by atoms with Gasteiger partial charge in [0.1, 0.15) is 42.0 Å². The van der Waals surface area contributed by atoms with Crippen LogP contribution in [0.1, 0.15) is 85.3 Å². The zero-order chi connectivity index (χ0) is 44.4. The number of rotatable bonds is 24. The topological polar surface area (TPSA) is 269 Å². The van der Waals surface area contributed by atoms with E-state index < -0.39 is 102 Å². The van der Waals surface area contributed by atoms with E-state index in [1.807, 2.05) is 0 Å². The number of hydrogen-bond acceptors (Lipinski definition) is 9. The van der Waals surface area contributed by atoms with Gasteiger partial charge in [0.25, 0.3) is 0 Å². The Labute approximate surface area is 344 Å². The third kappa shape index (κ3) is 16.8. The number of aliphatic carboxylic acids is 2. The largest absolute Gasteiger partial charge is 0.508 e. The molecule has 324 valence electrons. The molecular weight excluding hydrogens is 764 g/mol. The molecule has 0 aliphatic heterocycles. The van der Waals surface area contributed by atoms with Crippen molar-refractivity contribution >= 4 is 47.4 Å². The van der Waals surface area contributed by atoms with Crippen molar-refractivity contribution in [3.8, 4) is 5.75 Å². The maximum Gasteiger partial charge on any atom is 0.326 e. The summed E-state index contributed by atoms with van der Waals surface area (Å²) in [6.07, 6.45) is -0.0459. The fourth-order valence-electron chi connectivity index (χ4n) is 6.17. The average molecular weight is 825 g/mol. The molecule has 0 bridgehead atoms. The number of carbonyl (C=O) groups excluding carboxylic acids is 6. The number of phenols is 1. The summed E-state index contributed by atoms with van der Waals surface area (Å²) in [6, 6.07) is 6.75. The summed E-state index contributed by atoms with van der Waals surface area (Å²) in [5.74, 6) is -8.62. The maximum absolute atomic E-state index is 13.9. The van der Waals surface area contributed by atoms with Crippen LogP contribution in [0.2, 0.25) is 0 Å². The molecule has 0 saturated heterocycles. The highest BCUT2D eigenvalue weighted by atomic mass is 16.4. The van der Waals surface area contributed by atoms with Gasteiger partial charge in [-0.15, -0.1) is 0 Å². The van der Waals surface area contributed by atoms with E-state index in [0.29, 0.717) is 18.4 Å². The molecule has 0 aliphatic carbocycles. The number of benzene rings is 2. The Balaban J connectivity index is 2.32. The molecule has 2 aromatic carbocycles. The Morgan fingerprint density at radius 2 is 0.983 bits per heavy atom. The first-order valence-corrected chi connectivity index (χ1v) is 19.8. The normalized spacial score (nSPS) is 15.1. The third-order valence-corrected chi connectivity index (χ3v) is 9.91. The van der Waals surface area contributed by atoms with Gasteiger partial charge in [-0.25, -0.2) is 4.79 Å². The van der Waals surface area contributed by atoms with Gasteiger partial charge in [0.2, 0.25) is 35.4 Å². The summed E-state index contributed by atoms with van der Waals surface area (Å²) in [5.41, 5.74) is 1.27. The molecule has 0 heterocycles. The summed E-state index contributed by atoms with van der Waals surface area (Å²) in [5, 5.41) is 44.6. The van der Waals surface area contributed by atoms with Crippen LogP contribution in [0.4, 0.5) is 0 Å². The number of hydrogen-bond donors (Lipinski definition) is 9. The summed E-state index contributed by atoms with van der Waals surface area (Å²) in [4.78, 5) is 105. The number of carbonyl (C=O) groups is 8. The van der Waals surface area contributed by atoms with Gasteiger partial charge < -0.3 is 47.2 Å². The Bertz CT molecular complexity index is 1750. The van der Waals surface area contributed by atoms with Crippen molar-refractivity contribution in [3.05, 3.63) is 65.7 Å². The molecule has 0 aromatic heterocycles. The molecule has 0 unspecified atom stereocenters. The molecule has 2 rings (SSSR count). The number of nitrogens with one attached hydrogen (secondary N) is 6. The predicted molar refractivity (Wildman–Crippen MR) is 217 cm³/mol. The van der Waals surface area contributed by atoms with Crippen LogP contribution in [-0.2, 0) is 51.2 Å². The van der Waals surface area contributed by atoms with Crippen molar-refractivity contribution in [1.82, 2.24) is 31.9 Å². The van der Waals surface area contributed by atoms with Gasteiger partial charge in [0.05, 0.1) is 6.42 Å². The molecule has 6 amide bonds. The molecule has 0 fully saturated rings. The number of amides is 6. The number of carboxylic acids is 2. The van der Waals surface area contributed by atoms with Crippen LogP contribution >= 0.6 is 0 Å². The third-order valence-electron chi connectivity index (χ3n) is 9.91. The quantitative estimate of drug-likeness (QED) is 0.0737. The molecule has 0 spiro atoms. The first kappa shape index (κ1) is 49.1. The molecule has 59 heavy (non-hydrogen) atoms. The second-order valence-corrected chi connectivity index (χ2v) is 15.3. The second kappa shape index (κ2) is 24.0.